The second kappa shape index (κ2) is 7.66. The van der Waals surface area contributed by atoms with E-state index in [4.69, 9.17) is 13.9 Å². The maximum absolute atomic E-state index is 12.5. The van der Waals surface area contributed by atoms with Crippen LogP contribution in [0.4, 0.5) is 0 Å². The van der Waals surface area contributed by atoms with Gasteiger partial charge in [-0.3, -0.25) is 0 Å². The van der Waals surface area contributed by atoms with Crippen LogP contribution in [-0.4, -0.2) is 17.6 Å². The molecule has 0 radical (unpaired) electrons. The Hall–Kier alpha value is -3.08. The van der Waals surface area contributed by atoms with Crippen molar-refractivity contribution in [3.05, 3.63) is 66.1 Å². The van der Waals surface area contributed by atoms with E-state index in [1.54, 1.807) is 25.1 Å². The molecule has 0 aliphatic rings. The standard InChI is InChI=1S/C20H19NO4/c1-3-13-23-16-11-7-8-12-17(16)25-20(22)18-14(2)24-19(21-18)15-9-5-4-6-10-15/h4-12H,3,13H2,1-2H3. The summed E-state index contributed by atoms with van der Waals surface area (Å²) in [6, 6.07) is 16.5. The molecule has 0 saturated heterocycles. The average Bonchev–Trinajstić information content (AvgIpc) is 3.03. The fourth-order valence-corrected chi connectivity index (χ4v) is 2.30. The van der Waals surface area contributed by atoms with Crippen molar-refractivity contribution in [1.82, 2.24) is 4.98 Å². The van der Waals surface area contributed by atoms with E-state index in [0.29, 0.717) is 29.8 Å². The molecule has 0 fully saturated rings. The first kappa shape index (κ1) is 16.8. The lowest BCUT2D eigenvalue weighted by atomic mass is 10.2. The number of rotatable bonds is 6. The SMILES string of the molecule is CCCOc1ccccc1OC(=O)c1nc(-c2ccccc2)oc1C. The van der Waals surface area contributed by atoms with Gasteiger partial charge >= 0.3 is 5.97 Å². The van der Waals surface area contributed by atoms with Gasteiger partial charge in [-0.15, -0.1) is 0 Å². The van der Waals surface area contributed by atoms with Crippen LogP contribution in [0.15, 0.2) is 59.0 Å². The van der Waals surface area contributed by atoms with Crippen LogP contribution >= 0.6 is 0 Å². The molecule has 2 aromatic carbocycles. The highest BCUT2D eigenvalue weighted by Gasteiger charge is 2.21. The zero-order valence-corrected chi connectivity index (χ0v) is 14.2. The maximum Gasteiger partial charge on any atom is 0.366 e. The smallest absolute Gasteiger partial charge is 0.366 e. The number of aromatic nitrogens is 1. The minimum Gasteiger partial charge on any atom is -0.490 e. The second-order valence-electron chi connectivity index (χ2n) is 5.47. The van der Waals surface area contributed by atoms with Gasteiger partial charge in [0, 0.05) is 5.56 Å². The minimum atomic E-state index is -0.573. The number of carbonyl (C=O) groups is 1. The number of oxazole rings is 1. The largest absolute Gasteiger partial charge is 0.490 e. The lowest BCUT2D eigenvalue weighted by molar-refractivity contribution is 0.0721. The highest BCUT2D eigenvalue weighted by atomic mass is 16.6. The van der Waals surface area contributed by atoms with Gasteiger partial charge in [-0.1, -0.05) is 37.3 Å². The van der Waals surface area contributed by atoms with Crippen LogP contribution in [-0.2, 0) is 0 Å². The molecule has 0 bridgehead atoms. The van der Waals surface area contributed by atoms with Gasteiger partial charge in [-0.25, -0.2) is 9.78 Å². The van der Waals surface area contributed by atoms with E-state index in [-0.39, 0.29) is 5.69 Å². The Labute approximate surface area is 146 Å². The second-order valence-corrected chi connectivity index (χ2v) is 5.47. The van der Waals surface area contributed by atoms with Crippen molar-refractivity contribution in [2.75, 3.05) is 6.61 Å². The molecule has 3 aromatic rings. The lowest BCUT2D eigenvalue weighted by Gasteiger charge is -2.10. The molecule has 1 aromatic heterocycles. The number of hydrogen-bond donors (Lipinski definition) is 0. The molecule has 5 nitrogen and oxygen atoms in total. The number of aryl methyl sites for hydroxylation is 1. The Kier molecular flexibility index (Phi) is 5.14. The number of nitrogens with zero attached hydrogens (tertiary/aromatic N) is 1. The van der Waals surface area contributed by atoms with Crippen LogP contribution in [0.25, 0.3) is 11.5 Å². The van der Waals surface area contributed by atoms with E-state index in [1.807, 2.05) is 43.3 Å². The molecule has 1 heterocycles. The fourth-order valence-electron chi connectivity index (χ4n) is 2.30. The maximum atomic E-state index is 12.5. The first-order chi connectivity index (χ1) is 12.2. The highest BCUT2D eigenvalue weighted by molar-refractivity contribution is 5.90. The summed E-state index contributed by atoms with van der Waals surface area (Å²) in [4.78, 5) is 16.8. The van der Waals surface area contributed by atoms with Crippen LogP contribution in [0, 0.1) is 6.92 Å². The highest BCUT2D eigenvalue weighted by Crippen LogP contribution is 2.28. The Morgan fingerprint density at radius 2 is 1.72 bits per heavy atom. The summed E-state index contributed by atoms with van der Waals surface area (Å²) in [5, 5.41) is 0. The third-order valence-corrected chi connectivity index (χ3v) is 3.52. The topological polar surface area (TPSA) is 61.6 Å². The van der Waals surface area contributed by atoms with Gasteiger partial charge in [0.25, 0.3) is 0 Å². The molecule has 0 aliphatic heterocycles. The van der Waals surface area contributed by atoms with Gasteiger partial charge < -0.3 is 13.9 Å². The summed E-state index contributed by atoms with van der Waals surface area (Å²) in [6.45, 7) is 4.25. The Morgan fingerprint density at radius 1 is 1.04 bits per heavy atom. The monoisotopic (exact) mass is 337 g/mol. The number of para-hydroxylation sites is 2. The van der Waals surface area contributed by atoms with Gasteiger partial charge in [-0.2, -0.15) is 0 Å². The first-order valence-corrected chi connectivity index (χ1v) is 8.16. The number of hydrogen-bond acceptors (Lipinski definition) is 5. The molecule has 0 spiro atoms. The van der Waals surface area contributed by atoms with Crippen molar-refractivity contribution in [2.45, 2.75) is 20.3 Å². The van der Waals surface area contributed by atoms with Crippen LogP contribution in [0.2, 0.25) is 0 Å². The van der Waals surface area contributed by atoms with Crippen LogP contribution < -0.4 is 9.47 Å². The molecule has 0 N–H and O–H groups in total. The predicted octanol–water partition coefficient (Wildman–Crippen LogP) is 4.66. The van der Waals surface area contributed by atoms with E-state index < -0.39 is 5.97 Å². The summed E-state index contributed by atoms with van der Waals surface area (Å²) < 4.78 is 16.7. The summed E-state index contributed by atoms with van der Waals surface area (Å²) in [5.74, 6) is 1.12. The minimum absolute atomic E-state index is 0.157. The lowest BCUT2D eigenvalue weighted by Crippen LogP contribution is -2.11. The third kappa shape index (κ3) is 3.88. The zero-order chi connectivity index (χ0) is 17.6. The fraction of sp³-hybridized carbons (Fsp3) is 0.200. The quantitative estimate of drug-likeness (QED) is 0.484. The van der Waals surface area contributed by atoms with E-state index in [9.17, 15) is 4.79 Å². The molecular formula is C20H19NO4. The van der Waals surface area contributed by atoms with E-state index in [2.05, 4.69) is 4.98 Å². The first-order valence-electron chi connectivity index (χ1n) is 8.16. The molecule has 0 saturated carbocycles. The van der Waals surface area contributed by atoms with Crippen molar-refractivity contribution in [3.63, 3.8) is 0 Å². The van der Waals surface area contributed by atoms with Crippen molar-refractivity contribution in [3.8, 4) is 23.0 Å². The van der Waals surface area contributed by atoms with E-state index >= 15 is 0 Å². The summed E-state index contributed by atoms with van der Waals surface area (Å²) in [6.07, 6.45) is 0.866. The molecule has 128 valence electrons. The number of carbonyl (C=O) groups excluding carboxylic acids is 1. The Balaban J connectivity index is 1.82. The molecule has 25 heavy (non-hydrogen) atoms. The normalized spacial score (nSPS) is 10.5. The zero-order valence-electron chi connectivity index (χ0n) is 14.2. The van der Waals surface area contributed by atoms with Gasteiger partial charge in [-0.05, 0) is 37.6 Å². The molecule has 3 rings (SSSR count). The van der Waals surface area contributed by atoms with E-state index in [1.165, 1.54) is 0 Å². The van der Waals surface area contributed by atoms with Crippen molar-refractivity contribution >= 4 is 5.97 Å². The van der Waals surface area contributed by atoms with Crippen LogP contribution in [0.3, 0.4) is 0 Å². The van der Waals surface area contributed by atoms with Crippen molar-refractivity contribution in [2.24, 2.45) is 0 Å². The molecule has 0 unspecified atom stereocenters. The third-order valence-electron chi connectivity index (χ3n) is 3.52. The average molecular weight is 337 g/mol. The Morgan fingerprint density at radius 3 is 2.44 bits per heavy atom. The Bertz CT molecular complexity index is 855. The molecule has 5 heteroatoms. The van der Waals surface area contributed by atoms with Crippen LogP contribution in [0.1, 0.15) is 29.6 Å². The van der Waals surface area contributed by atoms with Gasteiger partial charge in [0.1, 0.15) is 5.76 Å². The van der Waals surface area contributed by atoms with Gasteiger partial charge in [0.05, 0.1) is 6.61 Å². The number of benzene rings is 2. The molecule has 0 amide bonds. The molecule has 0 atom stereocenters. The van der Waals surface area contributed by atoms with Crippen molar-refractivity contribution < 1.29 is 18.7 Å². The van der Waals surface area contributed by atoms with E-state index in [0.717, 1.165) is 12.0 Å². The predicted molar refractivity (Wildman–Crippen MR) is 93.9 cm³/mol. The summed E-state index contributed by atoms with van der Waals surface area (Å²) in [5.41, 5.74) is 0.959. The summed E-state index contributed by atoms with van der Waals surface area (Å²) >= 11 is 0. The van der Waals surface area contributed by atoms with Gasteiger partial charge in [0.2, 0.25) is 5.89 Å². The van der Waals surface area contributed by atoms with Crippen LogP contribution in [0.5, 0.6) is 11.5 Å². The van der Waals surface area contributed by atoms with Gasteiger partial charge in [0.15, 0.2) is 17.2 Å². The molecular weight excluding hydrogens is 318 g/mol. The van der Waals surface area contributed by atoms with Crippen molar-refractivity contribution in [1.29, 1.82) is 0 Å². The number of ether oxygens (including phenoxy) is 2. The summed E-state index contributed by atoms with van der Waals surface area (Å²) in [7, 11) is 0. The number of esters is 1. The molecule has 0 aliphatic carbocycles.